The Morgan fingerprint density at radius 1 is 0.389 bits per heavy atom. The van der Waals surface area contributed by atoms with Gasteiger partial charge in [0.15, 0.2) is 0 Å². The molecule has 0 aliphatic carbocycles. The van der Waals surface area contributed by atoms with Gasteiger partial charge in [0.25, 0.3) is 0 Å². The maximum Gasteiger partial charge on any atom is 0.136 e. The fraction of sp³-hybridized carbons (Fsp3) is 0.0408. The van der Waals surface area contributed by atoms with Crippen LogP contribution in [0.4, 0.5) is 0 Å². The highest BCUT2D eigenvalue weighted by Crippen LogP contribution is 2.41. The molecule has 5 nitrogen and oxygen atoms in total. The molecule has 256 valence electrons. The zero-order chi connectivity index (χ0) is 35.6. The monoisotopic (exact) mass is 695 g/mol. The summed E-state index contributed by atoms with van der Waals surface area (Å²) >= 11 is 0. The van der Waals surface area contributed by atoms with Crippen LogP contribution in [-0.4, -0.2) is 5.84 Å². The highest BCUT2D eigenvalue weighted by atomic mass is 16.3. The van der Waals surface area contributed by atoms with Crippen LogP contribution in [0.2, 0.25) is 0 Å². The molecule has 3 heterocycles. The second-order valence-corrected chi connectivity index (χ2v) is 13.9. The first kappa shape index (κ1) is 30.7. The van der Waals surface area contributed by atoms with Crippen molar-refractivity contribution >= 4 is 60.5 Å². The van der Waals surface area contributed by atoms with Crippen LogP contribution in [0.15, 0.2) is 190 Å². The Kier molecular flexibility index (Phi) is 7.00. The first-order chi connectivity index (χ1) is 26.8. The van der Waals surface area contributed by atoms with Gasteiger partial charge in [-0.2, -0.15) is 0 Å². The number of rotatable bonds is 5. The average Bonchev–Trinajstić information content (AvgIpc) is 3.82. The summed E-state index contributed by atoms with van der Waals surface area (Å²) in [5.41, 5.74) is 11.4. The van der Waals surface area contributed by atoms with E-state index in [1.807, 2.05) is 36.4 Å². The number of amidine groups is 1. The van der Waals surface area contributed by atoms with Crippen LogP contribution in [0.1, 0.15) is 29.0 Å². The van der Waals surface area contributed by atoms with Crippen molar-refractivity contribution in [3.8, 4) is 22.3 Å². The molecule has 1 aliphatic rings. The topological polar surface area (TPSA) is 62.7 Å². The summed E-state index contributed by atoms with van der Waals surface area (Å²) < 4.78 is 12.6. The first-order valence-electron chi connectivity index (χ1n) is 18.4. The lowest BCUT2D eigenvalue weighted by atomic mass is 9.92. The van der Waals surface area contributed by atoms with Gasteiger partial charge in [0.05, 0.1) is 0 Å². The molecule has 0 spiro atoms. The minimum atomic E-state index is -0.349. The van der Waals surface area contributed by atoms with Gasteiger partial charge in [0.2, 0.25) is 0 Å². The zero-order valence-electron chi connectivity index (χ0n) is 29.2. The highest BCUT2D eigenvalue weighted by Gasteiger charge is 2.29. The Balaban J connectivity index is 1.08. The lowest BCUT2D eigenvalue weighted by Crippen LogP contribution is -2.45. The van der Waals surface area contributed by atoms with Crippen LogP contribution in [0.3, 0.4) is 0 Å². The van der Waals surface area contributed by atoms with Gasteiger partial charge in [-0.15, -0.1) is 0 Å². The first-order valence-corrected chi connectivity index (χ1v) is 18.4. The van der Waals surface area contributed by atoms with Crippen LogP contribution in [0.25, 0.3) is 76.9 Å². The van der Waals surface area contributed by atoms with E-state index >= 15 is 0 Å². The molecule has 2 unspecified atom stereocenters. The van der Waals surface area contributed by atoms with Crippen molar-refractivity contribution in [3.05, 3.63) is 193 Å². The van der Waals surface area contributed by atoms with Gasteiger partial charge in [-0.05, 0) is 62.9 Å². The number of fused-ring (bicyclic) bond motifs is 7. The van der Waals surface area contributed by atoms with E-state index in [0.29, 0.717) is 0 Å². The van der Waals surface area contributed by atoms with Gasteiger partial charge < -0.3 is 14.2 Å². The van der Waals surface area contributed by atoms with Crippen molar-refractivity contribution < 1.29 is 8.83 Å². The van der Waals surface area contributed by atoms with Crippen LogP contribution in [0.5, 0.6) is 0 Å². The third-order valence-electron chi connectivity index (χ3n) is 10.8. The molecule has 0 amide bonds. The maximum absolute atomic E-state index is 6.33. The van der Waals surface area contributed by atoms with Gasteiger partial charge >= 0.3 is 0 Å². The van der Waals surface area contributed by atoms with E-state index < -0.39 is 0 Å². The molecule has 0 radical (unpaired) electrons. The minimum absolute atomic E-state index is 0.259. The minimum Gasteiger partial charge on any atom is -0.456 e. The molecule has 8 aromatic carbocycles. The Labute approximate surface area is 311 Å². The van der Waals surface area contributed by atoms with Crippen molar-refractivity contribution in [3.63, 3.8) is 0 Å². The van der Waals surface area contributed by atoms with Gasteiger partial charge in [-0.1, -0.05) is 152 Å². The van der Waals surface area contributed by atoms with Crippen molar-refractivity contribution in [2.45, 2.75) is 12.3 Å². The van der Waals surface area contributed by atoms with E-state index in [1.54, 1.807) is 0 Å². The number of hydrogen-bond acceptors (Lipinski definition) is 5. The van der Waals surface area contributed by atoms with E-state index in [9.17, 15) is 0 Å². The third kappa shape index (κ3) is 4.94. The van der Waals surface area contributed by atoms with E-state index in [2.05, 4.69) is 150 Å². The Morgan fingerprint density at radius 3 is 1.72 bits per heavy atom. The van der Waals surface area contributed by atoms with Crippen molar-refractivity contribution in [1.29, 1.82) is 0 Å². The number of aliphatic imine (C=N–C) groups is 1. The molecule has 54 heavy (non-hydrogen) atoms. The molecule has 10 aromatic rings. The predicted molar refractivity (Wildman–Crippen MR) is 221 cm³/mol. The normalized spacial score (nSPS) is 16.0. The summed E-state index contributed by atoms with van der Waals surface area (Å²) in [4.78, 5) is 5.42. The number of nitrogens with zero attached hydrogens (tertiary/aromatic N) is 1. The second-order valence-electron chi connectivity index (χ2n) is 13.9. The molecular weight excluding hydrogens is 663 g/mol. The smallest absolute Gasteiger partial charge is 0.136 e. The lowest BCUT2D eigenvalue weighted by molar-refractivity contribution is 0.412. The molecule has 0 saturated carbocycles. The molecule has 2 N–H and O–H groups in total. The van der Waals surface area contributed by atoms with Crippen molar-refractivity contribution in [1.82, 2.24) is 10.6 Å². The van der Waals surface area contributed by atoms with Gasteiger partial charge in [0.1, 0.15) is 40.5 Å². The average molecular weight is 696 g/mol. The summed E-state index contributed by atoms with van der Waals surface area (Å²) in [5.74, 6) is 0.830. The van der Waals surface area contributed by atoms with Gasteiger partial charge in [-0.25, -0.2) is 4.99 Å². The molecule has 0 saturated heterocycles. The van der Waals surface area contributed by atoms with Crippen LogP contribution >= 0.6 is 0 Å². The number of nitrogens with one attached hydrogen (secondary N) is 2. The SMILES string of the molecule is c1ccc(-c2ccc(C3=NC(c4cccc5c(-c6cccc7oc8ccccc8c67)cccc45)NC(c4cccc5oc6ccccc6c45)N3)cc2)cc1. The molecule has 2 aromatic heterocycles. The number of para-hydroxylation sites is 2. The third-order valence-corrected chi connectivity index (χ3v) is 10.8. The van der Waals surface area contributed by atoms with Crippen molar-refractivity contribution in [2.24, 2.45) is 4.99 Å². The van der Waals surface area contributed by atoms with Gasteiger partial charge in [-0.3, -0.25) is 5.32 Å². The second kappa shape index (κ2) is 12.3. The van der Waals surface area contributed by atoms with Crippen molar-refractivity contribution in [2.75, 3.05) is 0 Å². The summed E-state index contributed by atoms with van der Waals surface area (Å²) in [6.07, 6.45) is -0.608. The maximum atomic E-state index is 6.33. The number of benzene rings is 8. The molecular formula is C49H33N3O2. The molecule has 11 rings (SSSR count). The number of hydrogen-bond donors (Lipinski definition) is 2. The summed E-state index contributed by atoms with van der Waals surface area (Å²) in [7, 11) is 0. The van der Waals surface area contributed by atoms with Gasteiger partial charge in [0, 0.05) is 32.7 Å². The van der Waals surface area contributed by atoms with E-state index in [1.165, 1.54) is 11.1 Å². The Morgan fingerprint density at radius 2 is 0.926 bits per heavy atom. The molecule has 0 bridgehead atoms. The summed E-state index contributed by atoms with van der Waals surface area (Å²) in [6.45, 7) is 0. The Bertz CT molecular complexity index is 3070. The molecule has 0 fully saturated rings. The van der Waals surface area contributed by atoms with E-state index in [4.69, 9.17) is 13.8 Å². The molecule has 5 heteroatoms. The lowest BCUT2D eigenvalue weighted by Gasteiger charge is -2.33. The van der Waals surface area contributed by atoms with E-state index in [-0.39, 0.29) is 12.3 Å². The largest absolute Gasteiger partial charge is 0.456 e. The standard InChI is InChI=1S/C49H33N3O2/c1-2-12-30(13-3-1)31-26-28-32(29-27-31)47-50-48(52-49(51-47)40-21-11-25-44-46(40)39-15-5-7-23-42(39)54-44)37-20-9-16-33-34(17-8-18-35(33)37)36-19-10-24-43-45(36)38-14-4-6-22-41(38)53-43/h1-29,48-49,52H,(H,50,51). The molecule has 2 atom stereocenters. The van der Waals surface area contributed by atoms with Crippen LogP contribution < -0.4 is 10.6 Å². The Hall–Kier alpha value is -6.95. The summed E-state index contributed by atoms with van der Waals surface area (Å²) in [5, 5.41) is 14.5. The fourth-order valence-electron chi connectivity index (χ4n) is 8.33. The summed E-state index contributed by atoms with van der Waals surface area (Å²) in [6, 6.07) is 61.5. The van der Waals surface area contributed by atoms with Crippen LogP contribution in [0, 0.1) is 0 Å². The predicted octanol–water partition coefficient (Wildman–Crippen LogP) is 12.3. The van der Waals surface area contributed by atoms with Crippen LogP contribution in [-0.2, 0) is 0 Å². The number of furan rings is 2. The quantitative estimate of drug-likeness (QED) is 0.188. The highest BCUT2D eigenvalue weighted by molar-refractivity contribution is 6.15. The molecule has 1 aliphatic heterocycles. The van der Waals surface area contributed by atoms with E-state index in [0.717, 1.165) is 88.3 Å². The zero-order valence-corrected chi connectivity index (χ0v) is 29.2. The fourth-order valence-corrected chi connectivity index (χ4v) is 8.33.